The molecule has 2 heterocycles. The van der Waals surface area contributed by atoms with Crippen molar-refractivity contribution in [2.24, 2.45) is 17.9 Å². The molecule has 18 heavy (non-hydrogen) atoms. The summed E-state index contributed by atoms with van der Waals surface area (Å²) in [5.41, 5.74) is 7.15. The fourth-order valence-corrected chi connectivity index (χ4v) is 2.36. The molecule has 0 aliphatic carbocycles. The third-order valence-electron chi connectivity index (χ3n) is 2.35. The van der Waals surface area contributed by atoms with Crippen molar-refractivity contribution in [3.8, 4) is 0 Å². The monoisotopic (exact) mass is 264 g/mol. The van der Waals surface area contributed by atoms with Crippen molar-refractivity contribution < 1.29 is 5.21 Å². The van der Waals surface area contributed by atoms with Crippen LogP contribution in [0.1, 0.15) is 11.1 Å². The third-order valence-corrected chi connectivity index (χ3v) is 3.40. The summed E-state index contributed by atoms with van der Waals surface area (Å²) in [6.45, 7) is 1.87. The van der Waals surface area contributed by atoms with Crippen molar-refractivity contribution in [3.63, 3.8) is 0 Å². The fraction of sp³-hybridized carbons (Fsp3) is 0.200. The number of nitrogens with zero attached hydrogens (tertiary/aromatic N) is 5. The number of hydrogen-bond acceptors (Lipinski definition) is 6. The first-order valence-corrected chi connectivity index (χ1v) is 5.90. The molecular formula is C10H12N6OS. The van der Waals surface area contributed by atoms with Crippen LogP contribution in [0.5, 0.6) is 0 Å². The van der Waals surface area contributed by atoms with Gasteiger partial charge in [-0.1, -0.05) is 5.16 Å². The maximum absolute atomic E-state index is 8.81. The molecule has 0 saturated heterocycles. The summed E-state index contributed by atoms with van der Waals surface area (Å²) < 4.78 is 1.77. The first-order valence-electron chi connectivity index (χ1n) is 5.09. The molecule has 0 unspecified atom stereocenters. The average Bonchev–Trinajstić information content (AvgIpc) is 2.74. The molecule has 94 valence electrons. The molecule has 0 aliphatic rings. The van der Waals surface area contributed by atoms with E-state index in [4.69, 9.17) is 10.9 Å². The van der Waals surface area contributed by atoms with E-state index >= 15 is 0 Å². The van der Waals surface area contributed by atoms with Gasteiger partial charge in [0.05, 0.1) is 5.56 Å². The van der Waals surface area contributed by atoms with Crippen LogP contribution in [-0.4, -0.2) is 30.8 Å². The van der Waals surface area contributed by atoms with Crippen molar-refractivity contribution in [1.82, 2.24) is 19.7 Å². The Morgan fingerprint density at radius 3 is 2.94 bits per heavy atom. The van der Waals surface area contributed by atoms with Crippen molar-refractivity contribution >= 4 is 17.6 Å². The summed E-state index contributed by atoms with van der Waals surface area (Å²) in [7, 11) is 1.83. The highest BCUT2D eigenvalue weighted by Gasteiger charge is 2.15. The molecule has 8 heteroatoms. The Morgan fingerprint density at radius 1 is 1.56 bits per heavy atom. The standard InChI is InChI=1S/C10H12N6OS/c1-6-3-4-12-9(7(6)8(11)15-17)18-10-14-13-5-16(10)2/h3-5,17H,1-2H3,(H2,11,15). The van der Waals surface area contributed by atoms with E-state index in [9.17, 15) is 0 Å². The van der Waals surface area contributed by atoms with Crippen molar-refractivity contribution in [1.29, 1.82) is 0 Å². The van der Waals surface area contributed by atoms with E-state index in [0.717, 1.165) is 5.56 Å². The molecule has 0 fully saturated rings. The second-order valence-corrected chi connectivity index (χ2v) is 4.58. The lowest BCUT2D eigenvalue weighted by Crippen LogP contribution is -2.16. The zero-order chi connectivity index (χ0) is 13.1. The first kappa shape index (κ1) is 12.4. The largest absolute Gasteiger partial charge is 0.409 e. The SMILES string of the molecule is Cc1ccnc(Sc2nncn2C)c1/C(N)=N/O. The smallest absolute Gasteiger partial charge is 0.197 e. The van der Waals surface area contributed by atoms with Gasteiger partial charge in [0.15, 0.2) is 11.0 Å². The first-order chi connectivity index (χ1) is 8.63. The highest BCUT2D eigenvalue weighted by molar-refractivity contribution is 7.99. The summed E-state index contributed by atoms with van der Waals surface area (Å²) >= 11 is 1.31. The summed E-state index contributed by atoms with van der Waals surface area (Å²) in [5.74, 6) is 0.0327. The van der Waals surface area contributed by atoms with Gasteiger partial charge in [0, 0.05) is 13.2 Å². The highest BCUT2D eigenvalue weighted by Crippen LogP contribution is 2.28. The van der Waals surface area contributed by atoms with Crippen LogP contribution in [0.15, 0.2) is 33.9 Å². The Balaban J connectivity index is 2.45. The molecule has 2 aromatic heterocycles. The third kappa shape index (κ3) is 2.28. The summed E-state index contributed by atoms with van der Waals surface area (Å²) in [4.78, 5) is 4.23. The number of pyridine rings is 1. The van der Waals surface area contributed by atoms with Crippen molar-refractivity contribution in [2.45, 2.75) is 17.1 Å². The Morgan fingerprint density at radius 2 is 2.33 bits per heavy atom. The fourth-order valence-electron chi connectivity index (χ4n) is 1.42. The Hall–Kier alpha value is -2.09. The second-order valence-electron chi connectivity index (χ2n) is 3.62. The van der Waals surface area contributed by atoms with Gasteiger partial charge in [-0.15, -0.1) is 10.2 Å². The second kappa shape index (κ2) is 5.05. The molecule has 0 radical (unpaired) electrons. The van der Waals surface area contributed by atoms with Crippen molar-refractivity contribution in [3.05, 3.63) is 29.7 Å². The molecule has 0 aromatic carbocycles. The van der Waals surface area contributed by atoms with Gasteiger partial charge in [0.25, 0.3) is 0 Å². The van der Waals surface area contributed by atoms with E-state index in [1.807, 2.05) is 14.0 Å². The van der Waals surface area contributed by atoms with Crippen LogP contribution in [0.25, 0.3) is 0 Å². The lowest BCUT2D eigenvalue weighted by molar-refractivity contribution is 0.318. The van der Waals surface area contributed by atoms with Crippen LogP contribution in [0.2, 0.25) is 0 Å². The molecule has 3 N–H and O–H groups in total. The van der Waals surface area contributed by atoms with Crippen LogP contribution in [0.3, 0.4) is 0 Å². The quantitative estimate of drug-likeness (QED) is 0.367. The van der Waals surface area contributed by atoms with Gasteiger partial charge >= 0.3 is 0 Å². The van der Waals surface area contributed by atoms with Crippen LogP contribution in [-0.2, 0) is 7.05 Å². The van der Waals surface area contributed by atoms with Gasteiger partial charge in [-0.2, -0.15) is 0 Å². The van der Waals surface area contributed by atoms with Crippen LogP contribution < -0.4 is 5.73 Å². The summed E-state index contributed by atoms with van der Waals surface area (Å²) in [6, 6.07) is 1.80. The predicted molar refractivity (Wildman–Crippen MR) is 66.6 cm³/mol. The zero-order valence-corrected chi connectivity index (χ0v) is 10.7. The summed E-state index contributed by atoms with van der Waals surface area (Å²) in [6.07, 6.45) is 3.27. The maximum atomic E-state index is 8.81. The topological polar surface area (TPSA) is 102 Å². The van der Waals surface area contributed by atoms with E-state index in [0.29, 0.717) is 15.7 Å². The van der Waals surface area contributed by atoms with Crippen LogP contribution in [0.4, 0.5) is 0 Å². The van der Waals surface area contributed by atoms with Gasteiger partial charge in [0.1, 0.15) is 11.4 Å². The van der Waals surface area contributed by atoms with E-state index in [1.165, 1.54) is 11.8 Å². The minimum Gasteiger partial charge on any atom is -0.409 e. The molecule has 2 rings (SSSR count). The lowest BCUT2D eigenvalue weighted by atomic mass is 10.1. The number of oxime groups is 1. The van der Waals surface area contributed by atoms with E-state index in [2.05, 4.69) is 20.3 Å². The predicted octanol–water partition coefficient (Wildman–Crippen LogP) is 0.764. The molecule has 0 spiro atoms. The van der Waals surface area contributed by atoms with Gasteiger partial charge in [0.2, 0.25) is 0 Å². The van der Waals surface area contributed by atoms with Crippen LogP contribution >= 0.6 is 11.8 Å². The Labute approximate surface area is 108 Å². The van der Waals surface area contributed by atoms with Gasteiger partial charge < -0.3 is 15.5 Å². The Bertz CT molecular complexity index is 594. The molecule has 0 bridgehead atoms. The van der Waals surface area contributed by atoms with Gasteiger partial charge in [-0.05, 0) is 30.3 Å². The number of nitrogens with two attached hydrogens (primary N) is 1. The molecule has 0 atom stereocenters. The molecule has 7 nitrogen and oxygen atoms in total. The molecule has 0 aliphatic heterocycles. The number of rotatable bonds is 3. The van der Waals surface area contributed by atoms with Crippen molar-refractivity contribution in [2.75, 3.05) is 0 Å². The lowest BCUT2D eigenvalue weighted by Gasteiger charge is -2.08. The number of hydrogen-bond donors (Lipinski definition) is 2. The van der Waals surface area contributed by atoms with E-state index in [-0.39, 0.29) is 5.84 Å². The maximum Gasteiger partial charge on any atom is 0.197 e. The van der Waals surface area contributed by atoms with Crippen LogP contribution in [0, 0.1) is 6.92 Å². The van der Waals surface area contributed by atoms with Gasteiger partial charge in [-0.25, -0.2) is 4.98 Å². The molecule has 0 saturated carbocycles. The van der Waals surface area contributed by atoms with E-state index in [1.54, 1.807) is 23.2 Å². The summed E-state index contributed by atoms with van der Waals surface area (Å²) in [5, 5.41) is 20.9. The van der Waals surface area contributed by atoms with E-state index < -0.39 is 0 Å². The zero-order valence-electron chi connectivity index (χ0n) is 9.90. The minimum absolute atomic E-state index is 0.0327. The normalized spacial score (nSPS) is 11.8. The molecular weight excluding hydrogens is 252 g/mol. The average molecular weight is 264 g/mol. The minimum atomic E-state index is 0.0327. The molecule has 0 amide bonds. The Kier molecular flexibility index (Phi) is 3.47. The number of amidine groups is 1. The highest BCUT2D eigenvalue weighted by atomic mass is 32.2. The molecule has 2 aromatic rings. The van der Waals surface area contributed by atoms with Gasteiger partial charge in [-0.3, -0.25) is 0 Å². The number of aromatic nitrogens is 4. The number of aryl methyl sites for hydroxylation is 2.